The van der Waals surface area contributed by atoms with Gasteiger partial charge in [0.2, 0.25) is 0 Å². The second-order valence-corrected chi connectivity index (χ2v) is 4.62. The summed E-state index contributed by atoms with van der Waals surface area (Å²) in [7, 11) is 0. The zero-order valence-electron chi connectivity index (χ0n) is 11.6. The number of carbonyl (C=O) groups excluding carboxylic acids is 2. The zero-order chi connectivity index (χ0) is 14.4. The Labute approximate surface area is 118 Å². The van der Waals surface area contributed by atoms with E-state index < -0.39 is 0 Å². The highest BCUT2D eigenvalue weighted by Gasteiger charge is 2.20. The van der Waals surface area contributed by atoms with E-state index in [9.17, 15) is 9.59 Å². The molecule has 2 rings (SSSR count). The molecule has 0 unspecified atom stereocenters. The van der Waals surface area contributed by atoms with Gasteiger partial charge >= 0.3 is 0 Å². The summed E-state index contributed by atoms with van der Waals surface area (Å²) in [5.41, 5.74) is 0. The highest BCUT2D eigenvalue weighted by atomic mass is 16.5. The lowest BCUT2D eigenvalue weighted by Crippen LogP contribution is -2.41. The Bertz CT molecular complexity index is 477. The average Bonchev–Trinajstić information content (AvgIpc) is 2.46. The molecule has 1 heterocycles. The van der Waals surface area contributed by atoms with Crippen molar-refractivity contribution in [3.63, 3.8) is 0 Å². The van der Waals surface area contributed by atoms with E-state index >= 15 is 0 Å². The fourth-order valence-corrected chi connectivity index (χ4v) is 2.06. The Kier molecular flexibility index (Phi) is 4.98. The molecular weight excluding hydrogens is 258 g/mol. The molecule has 1 aliphatic heterocycles. The molecule has 1 aliphatic rings. The van der Waals surface area contributed by atoms with Crippen molar-refractivity contribution in [2.24, 2.45) is 0 Å². The Hall–Kier alpha value is -2.04. The Morgan fingerprint density at radius 1 is 1.20 bits per heavy atom. The minimum absolute atomic E-state index is 0.0101. The predicted molar refractivity (Wildman–Crippen MR) is 73.9 cm³/mol. The van der Waals surface area contributed by atoms with Gasteiger partial charge in [-0.25, -0.2) is 0 Å². The summed E-state index contributed by atoms with van der Waals surface area (Å²) in [6.45, 7) is 3.49. The van der Waals surface area contributed by atoms with Gasteiger partial charge in [-0.1, -0.05) is 6.07 Å². The van der Waals surface area contributed by atoms with E-state index in [4.69, 9.17) is 9.47 Å². The van der Waals surface area contributed by atoms with Gasteiger partial charge in [0.1, 0.15) is 17.3 Å². The maximum absolute atomic E-state index is 11.9. The number of benzene rings is 1. The lowest BCUT2D eigenvalue weighted by molar-refractivity contribution is -0.136. The molecule has 1 fully saturated rings. The molecule has 1 saturated heterocycles. The van der Waals surface area contributed by atoms with Crippen molar-refractivity contribution >= 4 is 11.7 Å². The van der Waals surface area contributed by atoms with Gasteiger partial charge in [-0.05, 0) is 19.1 Å². The number of ketones is 1. The van der Waals surface area contributed by atoms with Crippen LogP contribution in [0.15, 0.2) is 24.3 Å². The molecule has 0 N–H and O–H groups in total. The van der Waals surface area contributed by atoms with E-state index in [1.165, 1.54) is 0 Å². The predicted octanol–water partition coefficient (Wildman–Crippen LogP) is 1.66. The molecule has 0 saturated carbocycles. The normalized spacial score (nSPS) is 15.1. The maximum atomic E-state index is 11.9. The molecule has 108 valence electrons. The lowest BCUT2D eigenvalue weighted by atomic mass is 10.1. The van der Waals surface area contributed by atoms with Crippen LogP contribution in [0.2, 0.25) is 0 Å². The average molecular weight is 277 g/mol. The summed E-state index contributed by atoms with van der Waals surface area (Å²) in [6.07, 6.45) is 0.900. The van der Waals surface area contributed by atoms with E-state index in [1.807, 2.05) is 19.1 Å². The Balaban J connectivity index is 1.83. The van der Waals surface area contributed by atoms with Crippen LogP contribution in [0.25, 0.3) is 0 Å². The molecule has 1 aromatic carbocycles. The summed E-state index contributed by atoms with van der Waals surface area (Å²) in [5.74, 6) is 1.47. The maximum Gasteiger partial charge on any atom is 0.260 e. The highest BCUT2D eigenvalue weighted by molar-refractivity contribution is 5.83. The minimum atomic E-state index is -0.0840. The van der Waals surface area contributed by atoms with Crippen molar-refractivity contribution in [1.82, 2.24) is 4.90 Å². The van der Waals surface area contributed by atoms with E-state index in [-0.39, 0.29) is 18.3 Å². The molecule has 0 atom stereocenters. The quantitative estimate of drug-likeness (QED) is 0.821. The summed E-state index contributed by atoms with van der Waals surface area (Å²) < 4.78 is 10.8. The molecule has 20 heavy (non-hydrogen) atoms. The minimum Gasteiger partial charge on any atom is -0.494 e. The Morgan fingerprint density at radius 3 is 2.50 bits per heavy atom. The van der Waals surface area contributed by atoms with Crippen molar-refractivity contribution in [3.8, 4) is 11.5 Å². The van der Waals surface area contributed by atoms with E-state index in [2.05, 4.69) is 0 Å². The third-order valence-electron chi connectivity index (χ3n) is 3.15. The van der Waals surface area contributed by atoms with Crippen LogP contribution in [-0.4, -0.2) is 42.9 Å². The van der Waals surface area contributed by atoms with Gasteiger partial charge in [0.15, 0.2) is 6.61 Å². The van der Waals surface area contributed by atoms with Crippen LogP contribution in [-0.2, 0) is 9.59 Å². The van der Waals surface area contributed by atoms with Crippen LogP contribution >= 0.6 is 0 Å². The first-order chi connectivity index (χ1) is 9.69. The molecular formula is C15H19NO4. The monoisotopic (exact) mass is 277 g/mol. The van der Waals surface area contributed by atoms with E-state index in [1.54, 1.807) is 17.0 Å². The smallest absolute Gasteiger partial charge is 0.260 e. The molecule has 0 bridgehead atoms. The van der Waals surface area contributed by atoms with Crippen molar-refractivity contribution in [2.45, 2.75) is 19.8 Å². The topological polar surface area (TPSA) is 55.8 Å². The summed E-state index contributed by atoms with van der Waals surface area (Å²) in [4.78, 5) is 24.7. The molecule has 1 aromatic rings. The number of ether oxygens (including phenoxy) is 2. The van der Waals surface area contributed by atoms with Gasteiger partial charge in [-0.2, -0.15) is 0 Å². The molecule has 0 aromatic heterocycles. The fourth-order valence-electron chi connectivity index (χ4n) is 2.06. The van der Waals surface area contributed by atoms with Crippen LogP contribution in [0.4, 0.5) is 0 Å². The highest BCUT2D eigenvalue weighted by Crippen LogP contribution is 2.19. The number of hydrogen-bond donors (Lipinski definition) is 0. The molecule has 1 amide bonds. The zero-order valence-corrected chi connectivity index (χ0v) is 11.6. The number of amides is 1. The first-order valence-corrected chi connectivity index (χ1v) is 6.84. The van der Waals surface area contributed by atoms with Crippen molar-refractivity contribution < 1.29 is 19.1 Å². The van der Waals surface area contributed by atoms with Gasteiger partial charge in [0.05, 0.1) is 6.61 Å². The number of Topliss-reactive ketones (excluding diaryl/α,β-unsaturated/α-hetero) is 1. The number of nitrogens with zero attached hydrogens (tertiary/aromatic N) is 1. The van der Waals surface area contributed by atoms with Crippen LogP contribution in [0, 0.1) is 0 Å². The SMILES string of the molecule is CCOc1cccc(OCC(=O)N2CCC(=O)CC2)c1. The van der Waals surface area contributed by atoms with Gasteiger partial charge in [-0.15, -0.1) is 0 Å². The molecule has 0 spiro atoms. The number of rotatable bonds is 5. The summed E-state index contributed by atoms with van der Waals surface area (Å²) >= 11 is 0. The van der Waals surface area contributed by atoms with Crippen molar-refractivity contribution in [3.05, 3.63) is 24.3 Å². The van der Waals surface area contributed by atoms with Crippen LogP contribution in [0.3, 0.4) is 0 Å². The molecule has 5 nitrogen and oxygen atoms in total. The van der Waals surface area contributed by atoms with Gasteiger partial charge < -0.3 is 14.4 Å². The van der Waals surface area contributed by atoms with Crippen molar-refractivity contribution in [2.75, 3.05) is 26.3 Å². The third-order valence-corrected chi connectivity index (χ3v) is 3.15. The molecule has 0 aliphatic carbocycles. The number of piperidine rings is 1. The van der Waals surface area contributed by atoms with Crippen LogP contribution in [0.1, 0.15) is 19.8 Å². The molecule has 5 heteroatoms. The first-order valence-electron chi connectivity index (χ1n) is 6.84. The molecule has 0 radical (unpaired) electrons. The third kappa shape index (κ3) is 3.98. The van der Waals surface area contributed by atoms with Gasteiger partial charge in [-0.3, -0.25) is 9.59 Å². The van der Waals surface area contributed by atoms with Gasteiger partial charge in [0.25, 0.3) is 5.91 Å². The van der Waals surface area contributed by atoms with Crippen LogP contribution in [0.5, 0.6) is 11.5 Å². The number of hydrogen-bond acceptors (Lipinski definition) is 4. The number of likely N-dealkylation sites (tertiary alicyclic amines) is 1. The van der Waals surface area contributed by atoms with Gasteiger partial charge in [0, 0.05) is 32.0 Å². The number of carbonyl (C=O) groups is 2. The van der Waals surface area contributed by atoms with E-state index in [0.717, 1.165) is 5.75 Å². The lowest BCUT2D eigenvalue weighted by Gasteiger charge is -2.25. The second-order valence-electron chi connectivity index (χ2n) is 4.62. The summed E-state index contributed by atoms with van der Waals surface area (Å²) in [5, 5.41) is 0. The summed E-state index contributed by atoms with van der Waals surface area (Å²) in [6, 6.07) is 7.21. The fraction of sp³-hybridized carbons (Fsp3) is 0.467. The second kappa shape index (κ2) is 6.93. The van der Waals surface area contributed by atoms with Crippen molar-refractivity contribution in [1.29, 1.82) is 0 Å². The first kappa shape index (κ1) is 14.4. The van der Waals surface area contributed by atoms with E-state index in [0.29, 0.717) is 38.3 Å². The Morgan fingerprint density at radius 2 is 1.85 bits per heavy atom. The largest absolute Gasteiger partial charge is 0.494 e. The van der Waals surface area contributed by atoms with Crippen LogP contribution < -0.4 is 9.47 Å². The standard InChI is InChI=1S/C15H19NO4/c1-2-19-13-4-3-5-14(10-13)20-11-15(18)16-8-6-12(17)7-9-16/h3-5,10H,2,6-9,11H2,1H3.